The summed E-state index contributed by atoms with van der Waals surface area (Å²) < 4.78 is 14.0. The molecule has 1 aromatic carbocycles. The molecule has 1 aliphatic heterocycles. The quantitative estimate of drug-likeness (QED) is 0.878. The molecule has 0 saturated carbocycles. The second-order valence-corrected chi connectivity index (χ2v) is 5.03. The van der Waals surface area contributed by atoms with Crippen LogP contribution >= 0.6 is 0 Å². The summed E-state index contributed by atoms with van der Waals surface area (Å²) in [7, 11) is 0. The van der Waals surface area contributed by atoms with Crippen LogP contribution in [0.2, 0.25) is 0 Å². The van der Waals surface area contributed by atoms with E-state index in [4.69, 9.17) is 5.11 Å². The van der Waals surface area contributed by atoms with Crippen molar-refractivity contribution in [1.82, 2.24) is 9.88 Å². The van der Waals surface area contributed by atoms with Crippen molar-refractivity contribution in [2.75, 3.05) is 13.1 Å². The molecule has 1 aromatic heterocycles. The second-order valence-electron chi connectivity index (χ2n) is 5.03. The van der Waals surface area contributed by atoms with Gasteiger partial charge in [0.1, 0.15) is 0 Å². The zero-order chi connectivity index (χ0) is 14.3. The van der Waals surface area contributed by atoms with Crippen LogP contribution in [0.1, 0.15) is 16.8 Å². The number of aliphatic carboxylic acids is 1. The van der Waals surface area contributed by atoms with Gasteiger partial charge in [-0.25, -0.2) is 9.18 Å². The predicted octanol–water partition coefficient (Wildman–Crippen LogP) is 1.81. The number of H-pyrrole nitrogens is 1. The molecule has 0 radical (unpaired) electrons. The number of aromatic nitrogens is 1. The van der Waals surface area contributed by atoms with Gasteiger partial charge in [-0.05, 0) is 24.3 Å². The number of nitrogens with zero attached hydrogens (tertiary/aromatic N) is 1. The van der Waals surface area contributed by atoms with Crippen molar-refractivity contribution in [2.24, 2.45) is 0 Å². The Labute approximate surface area is 114 Å². The number of hydrogen-bond donors (Lipinski definition) is 2. The van der Waals surface area contributed by atoms with Gasteiger partial charge >= 0.3 is 5.97 Å². The van der Waals surface area contributed by atoms with Gasteiger partial charge in [0.2, 0.25) is 5.67 Å². The first-order valence-corrected chi connectivity index (χ1v) is 6.28. The number of carboxylic acids is 1. The maximum Gasteiger partial charge on any atom is 0.343 e. The Morgan fingerprint density at radius 2 is 2.15 bits per heavy atom. The number of rotatable bonds is 2. The molecule has 1 aliphatic rings. The van der Waals surface area contributed by atoms with Gasteiger partial charge in [-0.1, -0.05) is 0 Å². The van der Waals surface area contributed by atoms with Gasteiger partial charge in [0, 0.05) is 35.6 Å². The van der Waals surface area contributed by atoms with E-state index >= 15 is 0 Å². The van der Waals surface area contributed by atoms with Crippen LogP contribution in [0.4, 0.5) is 4.39 Å². The highest BCUT2D eigenvalue weighted by Gasteiger charge is 2.46. The first kappa shape index (κ1) is 12.7. The maximum atomic E-state index is 14.0. The zero-order valence-electron chi connectivity index (χ0n) is 10.6. The molecule has 104 valence electrons. The van der Waals surface area contributed by atoms with Crippen molar-refractivity contribution >= 4 is 22.8 Å². The molecule has 0 bridgehead atoms. The molecule has 3 rings (SSSR count). The van der Waals surface area contributed by atoms with Gasteiger partial charge in [0.05, 0.1) is 6.54 Å². The average molecular weight is 276 g/mol. The summed E-state index contributed by atoms with van der Waals surface area (Å²) in [5.41, 5.74) is -0.978. The molecule has 1 unspecified atom stereocenters. The summed E-state index contributed by atoms with van der Waals surface area (Å²) >= 11 is 0. The fourth-order valence-electron chi connectivity index (χ4n) is 2.49. The third-order valence-corrected chi connectivity index (χ3v) is 3.69. The molecule has 1 saturated heterocycles. The lowest BCUT2D eigenvalue weighted by Crippen LogP contribution is -2.38. The van der Waals surface area contributed by atoms with Gasteiger partial charge in [-0.3, -0.25) is 4.79 Å². The molecule has 0 aliphatic carbocycles. The Hall–Kier alpha value is -2.37. The molecule has 20 heavy (non-hydrogen) atoms. The second kappa shape index (κ2) is 4.33. The average Bonchev–Trinajstić information content (AvgIpc) is 3.04. The van der Waals surface area contributed by atoms with Crippen molar-refractivity contribution in [3.63, 3.8) is 0 Å². The van der Waals surface area contributed by atoms with Gasteiger partial charge in [-0.2, -0.15) is 0 Å². The summed E-state index contributed by atoms with van der Waals surface area (Å²) in [4.78, 5) is 27.4. The molecule has 6 heteroatoms. The summed E-state index contributed by atoms with van der Waals surface area (Å²) in [6, 6.07) is 6.98. The zero-order valence-corrected chi connectivity index (χ0v) is 10.6. The summed E-state index contributed by atoms with van der Waals surface area (Å²) in [6.45, 7) is -0.279. The number of benzene rings is 1. The Bertz CT molecular complexity index is 697. The smallest absolute Gasteiger partial charge is 0.343 e. The van der Waals surface area contributed by atoms with E-state index in [9.17, 15) is 14.0 Å². The molecular formula is C14H13FN2O3. The maximum absolute atomic E-state index is 14.0. The molecule has 1 fully saturated rings. The van der Waals surface area contributed by atoms with Crippen LogP contribution in [-0.2, 0) is 4.79 Å². The SMILES string of the molecule is O=C(c1ccc2[nH]ccc2c1)N1CCC(F)(C(=O)O)C1. The highest BCUT2D eigenvalue weighted by molar-refractivity contribution is 5.98. The molecular weight excluding hydrogens is 263 g/mol. The third kappa shape index (κ3) is 1.93. The number of carbonyl (C=O) groups is 2. The highest BCUT2D eigenvalue weighted by Crippen LogP contribution is 2.27. The van der Waals surface area contributed by atoms with Crippen molar-refractivity contribution < 1.29 is 19.1 Å². The van der Waals surface area contributed by atoms with Crippen LogP contribution < -0.4 is 0 Å². The number of alkyl halides is 1. The third-order valence-electron chi connectivity index (χ3n) is 3.69. The first-order chi connectivity index (χ1) is 9.49. The fraction of sp³-hybridized carbons (Fsp3) is 0.286. The lowest BCUT2D eigenvalue weighted by molar-refractivity contribution is -0.149. The van der Waals surface area contributed by atoms with Gasteiger partial charge in [0.25, 0.3) is 5.91 Å². The highest BCUT2D eigenvalue weighted by atomic mass is 19.1. The van der Waals surface area contributed by atoms with Crippen LogP contribution in [0.25, 0.3) is 10.9 Å². The molecule has 2 N–H and O–H groups in total. The van der Waals surface area contributed by atoms with Crippen molar-refractivity contribution in [3.8, 4) is 0 Å². The van der Waals surface area contributed by atoms with Gasteiger partial charge in [-0.15, -0.1) is 0 Å². The van der Waals surface area contributed by atoms with E-state index in [1.54, 1.807) is 24.4 Å². The van der Waals surface area contributed by atoms with E-state index in [1.165, 1.54) is 4.90 Å². The molecule has 2 aromatic rings. The van der Waals surface area contributed by atoms with E-state index in [-0.39, 0.29) is 18.9 Å². The van der Waals surface area contributed by atoms with Crippen LogP contribution in [0.3, 0.4) is 0 Å². The number of likely N-dealkylation sites (tertiary alicyclic amines) is 1. The Morgan fingerprint density at radius 3 is 2.85 bits per heavy atom. The van der Waals surface area contributed by atoms with E-state index in [0.29, 0.717) is 5.56 Å². The molecule has 2 heterocycles. The largest absolute Gasteiger partial charge is 0.479 e. The summed E-state index contributed by atoms with van der Waals surface area (Å²) in [6.07, 6.45) is 1.60. The minimum absolute atomic E-state index is 0.118. The standard InChI is InChI=1S/C14H13FN2O3/c15-14(13(19)20)4-6-17(8-14)12(18)10-1-2-11-9(7-10)3-5-16-11/h1-3,5,7,16H,4,6,8H2,(H,19,20). The van der Waals surface area contributed by atoms with Gasteiger partial charge in [0.15, 0.2) is 0 Å². The van der Waals surface area contributed by atoms with Crippen molar-refractivity contribution in [3.05, 3.63) is 36.0 Å². The number of hydrogen-bond acceptors (Lipinski definition) is 2. The Balaban J connectivity index is 1.84. The normalized spacial score (nSPS) is 22.4. The Kier molecular flexibility index (Phi) is 2.74. The number of nitrogens with one attached hydrogen (secondary N) is 1. The van der Waals surface area contributed by atoms with Crippen molar-refractivity contribution in [1.29, 1.82) is 0 Å². The van der Waals surface area contributed by atoms with Gasteiger partial charge < -0.3 is 15.0 Å². The Morgan fingerprint density at radius 1 is 1.35 bits per heavy atom. The summed E-state index contributed by atoms with van der Waals surface area (Å²) in [5.74, 6) is -1.84. The molecule has 1 atom stereocenters. The first-order valence-electron chi connectivity index (χ1n) is 6.28. The lowest BCUT2D eigenvalue weighted by atomic mass is 10.1. The molecule has 0 spiro atoms. The summed E-state index contributed by atoms with van der Waals surface area (Å²) in [5, 5.41) is 9.73. The number of carboxylic acid groups (broad SMARTS) is 1. The fourth-order valence-corrected chi connectivity index (χ4v) is 2.49. The van der Waals surface area contributed by atoms with E-state index in [1.807, 2.05) is 6.07 Å². The number of aromatic amines is 1. The molecule has 1 amide bonds. The van der Waals surface area contributed by atoms with Crippen LogP contribution in [0, 0.1) is 0 Å². The van der Waals surface area contributed by atoms with E-state index in [2.05, 4.69) is 4.98 Å². The predicted molar refractivity (Wildman–Crippen MR) is 70.3 cm³/mol. The van der Waals surface area contributed by atoms with Crippen LogP contribution in [-0.4, -0.2) is 45.6 Å². The number of halogens is 1. The molecule has 5 nitrogen and oxygen atoms in total. The lowest BCUT2D eigenvalue weighted by Gasteiger charge is -2.17. The van der Waals surface area contributed by atoms with Crippen LogP contribution in [0.15, 0.2) is 30.5 Å². The number of carbonyl (C=O) groups excluding carboxylic acids is 1. The number of fused-ring (bicyclic) bond motifs is 1. The number of amides is 1. The minimum Gasteiger partial charge on any atom is -0.479 e. The van der Waals surface area contributed by atoms with Crippen LogP contribution in [0.5, 0.6) is 0 Å². The van der Waals surface area contributed by atoms with E-state index in [0.717, 1.165) is 10.9 Å². The topological polar surface area (TPSA) is 73.4 Å². The van der Waals surface area contributed by atoms with Crippen molar-refractivity contribution in [2.45, 2.75) is 12.1 Å². The monoisotopic (exact) mass is 276 g/mol. The minimum atomic E-state index is -2.33. The van der Waals surface area contributed by atoms with E-state index < -0.39 is 18.2 Å².